The third kappa shape index (κ3) is 7.34. The second-order valence-corrected chi connectivity index (χ2v) is 12.8. The lowest BCUT2D eigenvalue weighted by atomic mass is 9.72. The summed E-state index contributed by atoms with van der Waals surface area (Å²) in [5, 5.41) is 13.6. The average Bonchev–Trinajstić information content (AvgIpc) is 2.96. The Balaban J connectivity index is 1.87. The number of sulfonamides is 1. The van der Waals surface area contributed by atoms with Crippen LogP contribution in [0.15, 0.2) is 58.9 Å². The molecule has 230 valence electrons. The lowest BCUT2D eigenvalue weighted by molar-refractivity contribution is -0.117. The van der Waals surface area contributed by atoms with E-state index >= 15 is 0 Å². The molecule has 1 aliphatic carbocycles. The fraction of sp³-hybridized carbons (Fsp3) is 0.455. The minimum Gasteiger partial charge on any atom is -0.497 e. The van der Waals surface area contributed by atoms with Crippen LogP contribution < -0.4 is 24.2 Å². The smallest absolute Gasteiger partial charge is 0.232 e. The van der Waals surface area contributed by atoms with Crippen LogP contribution in [0, 0.1) is 17.2 Å². The number of nitriles is 1. The molecule has 0 amide bonds. The maximum Gasteiger partial charge on any atom is 0.232 e. The Morgan fingerprint density at radius 3 is 2.56 bits per heavy atom. The quantitative estimate of drug-likeness (QED) is 0.270. The number of nitrogens with zero attached hydrogens (tertiary/aromatic N) is 1. The first-order valence-electron chi connectivity index (χ1n) is 14.9. The molecule has 2 atom stereocenters. The van der Waals surface area contributed by atoms with E-state index in [1.807, 2.05) is 38.1 Å². The fourth-order valence-electron chi connectivity index (χ4n) is 5.90. The molecule has 2 aromatic rings. The number of anilines is 1. The molecule has 2 N–H and O–H groups in total. The van der Waals surface area contributed by atoms with Gasteiger partial charge in [-0.15, -0.1) is 0 Å². The molecule has 10 heteroatoms. The molecular formula is C33H41N3O6S. The summed E-state index contributed by atoms with van der Waals surface area (Å²) in [6.45, 7) is 7.98. The highest BCUT2D eigenvalue weighted by Gasteiger charge is 2.39. The number of dihydropyridines is 1. The predicted octanol–water partition coefficient (Wildman–Crippen LogP) is 6.34. The van der Waals surface area contributed by atoms with E-state index in [4.69, 9.17) is 14.2 Å². The molecule has 2 aliphatic rings. The van der Waals surface area contributed by atoms with Crippen molar-refractivity contribution in [3.05, 3.63) is 70.1 Å². The van der Waals surface area contributed by atoms with Gasteiger partial charge in [0.2, 0.25) is 10.0 Å². The Kier molecular flexibility index (Phi) is 10.4. The highest BCUT2D eigenvalue weighted by Crippen LogP contribution is 2.48. The SMILES string of the molecule is CCCC1CC(=O)C2=C(C1)NC(C)=C(C#N)C2c1cc(NS(=O)(=O)CCC)c(OCc2cccc(OC)c2)c(OCC)c1. The second-order valence-electron chi connectivity index (χ2n) is 11.0. The molecule has 43 heavy (non-hydrogen) atoms. The first-order chi connectivity index (χ1) is 20.6. The molecule has 2 unspecified atom stereocenters. The van der Waals surface area contributed by atoms with Crippen molar-refractivity contribution >= 4 is 21.5 Å². The molecule has 1 heterocycles. The Hall–Kier alpha value is -3.97. The van der Waals surface area contributed by atoms with Crippen LogP contribution in [0.2, 0.25) is 0 Å². The number of rotatable bonds is 13. The molecule has 2 aromatic carbocycles. The summed E-state index contributed by atoms with van der Waals surface area (Å²) in [6.07, 6.45) is 3.49. The molecule has 0 bridgehead atoms. The van der Waals surface area contributed by atoms with Crippen LogP contribution in [0.5, 0.6) is 17.2 Å². The molecule has 0 radical (unpaired) electrons. The minimum atomic E-state index is -3.73. The van der Waals surface area contributed by atoms with Crippen LogP contribution in [0.1, 0.15) is 76.8 Å². The number of benzene rings is 2. The minimum absolute atomic E-state index is 0.00174. The van der Waals surface area contributed by atoms with Gasteiger partial charge in [0, 0.05) is 23.4 Å². The number of hydrogen-bond acceptors (Lipinski definition) is 8. The summed E-state index contributed by atoms with van der Waals surface area (Å²) in [6, 6.07) is 13.1. The van der Waals surface area contributed by atoms with Crippen molar-refractivity contribution in [3.63, 3.8) is 0 Å². The molecule has 9 nitrogen and oxygen atoms in total. The summed E-state index contributed by atoms with van der Waals surface area (Å²) >= 11 is 0. The summed E-state index contributed by atoms with van der Waals surface area (Å²) in [7, 11) is -2.15. The average molecular weight is 608 g/mol. The van der Waals surface area contributed by atoms with E-state index in [1.54, 1.807) is 26.2 Å². The van der Waals surface area contributed by atoms with E-state index in [1.165, 1.54) is 0 Å². The molecule has 0 aromatic heterocycles. The topological polar surface area (TPSA) is 127 Å². The number of Topliss-reactive ketones (excluding diaryl/α,β-unsaturated/α-hetero) is 1. The zero-order chi connectivity index (χ0) is 31.1. The van der Waals surface area contributed by atoms with Gasteiger partial charge < -0.3 is 19.5 Å². The largest absolute Gasteiger partial charge is 0.497 e. The summed E-state index contributed by atoms with van der Waals surface area (Å²) in [5.41, 5.74) is 4.08. The molecular weight excluding hydrogens is 566 g/mol. The van der Waals surface area contributed by atoms with E-state index < -0.39 is 15.9 Å². The van der Waals surface area contributed by atoms with Gasteiger partial charge in [-0.3, -0.25) is 9.52 Å². The fourth-order valence-corrected chi connectivity index (χ4v) is 7.02. The van der Waals surface area contributed by atoms with E-state index in [-0.39, 0.29) is 42.1 Å². The molecule has 1 aliphatic heterocycles. The van der Waals surface area contributed by atoms with Gasteiger partial charge in [0.15, 0.2) is 17.3 Å². The maximum atomic E-state index is 13.6. The van der Waals surface area contributed by atoms with E-state index in [9.17, 15) is 18.5 Å². The summed E-state index contributed by atoms with van der Waals surface area (Å²) in [4.78, 5) is 13.6. The molecule has 4 rings (SSSR count). The molecule has 0 saturated carbocycles. The number of methoxy groups -OCH3 is 1. The first-order valence-corrected chi connectivity index (χ1v) is 16.5. The Bertz CT molecular complexity index is 1570. The van der Waals surface area contributed by atoms with Crippen LogP contribution in [0.25, 0.3) is 0 Å². The maximum absolute atomic E-state index is 13.6. The van der Waals surface area contributed by atoms with E-state index in [0.29, 0.717) is 46.7 Å². The van der Waals surface area contributed by atoms with Crippen LogP contribution in [-0.2, 0) is 21.4 Å². The van der Waals surface area contributed by atoms with Gasteiger partial charge in [0.05, 0.1) is 42.7 Å². The number of ketones is 1. The predicted molar refractivity (Wildman–Crippen MR) is 166 cm³/mol. The highest BCUT2D eigenvalue weighted by molar-refractivity contribution is 7.92. The van der Waals surface area contributed by atoms with Crippen LogP contribution in [0.3, 0.4) is 0 Å². The third-order valence-electron chi connectivity index (χ3n) is 7.70. The first kappa shape index (κ1) is 32.0. The number of hydrogen-bond donors (Lipinski definition) is 2. The van der Waals surface area contributed by atoms with Gasteiger partial charge >= 0.3 is 0 Å². The number of allylic oxidation sites excluding steroid dienone is 4. The van der Waals surface area contributed by atoms with Crippen LogP contribution in [-0.4, -0.2) is 33.7 Å². The molecule has 0 spiro atoms. The van der Waals surface area contributed by atoms with Crippen LogP contribution in [0.4, 0.5) is 5.69 Å². The van der Waals surface area contributed by atoms with E-state index in [2.05, 4.69) is 23.0 Å². The van der Waals surface area contributed by atoms with Gasteiger partial charge in [-0.25, -0.2) is 8.42 Å². The molecule has 0 fully saturated rings. The monoisotopic (exact) mass is 607 g/mol. The van der Waals surface area contributed by atoms with Crippen molar-refractivity contribution in [1.82, 2.24) is 5.32 Å². The van der Waals surface area contributed by atoms with Crippen molar-refractivity contribution in [1.29, 1.82) is 5.26 Å². The number of carbonyl (C=O) groups excluding carboxylic acids is 1. The summed E-state index contributed by atoms with van der Waals surface area (Å²) in [5.74, 6) is 0.708. The zero-order valence-electron chi connectivity index (χ0n) is 25.6. The lowest BCUT2D eigenvalue weighted by Crippen LogP contribution is -2.34. The highest BCUT2D eigenvalue weighted by atomic mass is 32.2. The van der Waals surface area contributed by atoms with Crippen molar-refractivity contribution in [2.45, 2.75) is 72.3 Å². The summed E-state index contributed by atoms with van der Waals surface area (Å²) < 4.78 is 46.4. The zero-order valence-corrected chi connectivity index (χ0v) is 26.4. The van der Waals surface area contributed by atoms with Gasteiger partial charge in [-0.05, 0) is 74.4 Å². The Morgan fingerprint density at radius 2 is 1.88 bits per heavy atom. The van der Waals surface area contributed by atoms with Crippen LogP contribution >= 0.6 is 0 Å². The van der Waals surface area contributed by atoms with Gasteiger partial charge in [-0.2, -0.15) is 5.26 Å². The standard InChI is InChI=1S/C33H41N3O6S/c1-6-10-22-15-27-32(29(37)16-22)31(26(19-34)21(4)35-27)24-17-28(36-43(38,39)13-7-2)33(30(18-24)41-8-3)42-20-23-11-9-12-25(14-23)40-5/h9,11-12,14,17-18,22,31,35-36H,6-8,10,13,15-16,20H2,1-5H3. The molecule has 0 saturated heterocycles. The van der Waals surface area contributed by atoms with Gasteiger partial charge in [0.25, 0.3) is 0 Å². The van der Waals surface area contributed by atoms with Crippen molar-refractivity contribution < 1.29 is 27.4 Å². The third-order valence-corrected chi connectivity index (χ3v) is 9.17. The second kappa shape index (κ2) is 14.0. The Morgan fingerprint density at radius 1 is 1.09 bits per heavy atom. The van der Waals surface area contributed by atoms with Crippen molar-refractivity contribution in [2.24, 2.45) is 5.92 Å². The normalized spacial score (nSPS) is 18.5. The van der Waals surface area contributed by atoms with Crippen molar-refractivity contribution in [2.75, 3.05) is 24.2 Å². The number of carbonyl (C=O) groups is 1. The van der Waals surface area contributed by atoms with Crippen molar-refractivity contribution in [3.8, 4) is 23.3 Å². The van der Waals surface area contributed by atoms with E-state index in [0.717, 1.165) is 30.5 Å². The number of ether oxygens (including phenoxy) is 3. The van der Waals surface area contributed by atoms with Gasteiger partial charge in [-0.1, -0.05) is 32.4 Å². The number of nitrogens with one attached hydrogen (secondary N) is 2. The lowest BCUT2D eigenvalue weighted by Gasteiger charge is -2.36. The Labute approximate surface area is 255 Å². The van der Waals surface area contributed by atoms with Gasteiger partial charge in [0.1, 0.15) is 12.4 Å².